The molecule has 2 fully saturated rings. The lowest BCUT2D eigenvalue weighted by atomic mass is 10.0. The molecule has 2 aliphatic carbocycles. The summed E-state index contributed by atoms with van der Waals surface area (Å²) in [5.41, 5.74) is 1.55. The molecule has 0 amide bonds. The molecule has 0 radical (unpaired) electrons. The van der Waals surface area contributed by atoms with Crippen molar-refractivity contribution in [2.45, 2.75) is 44.6 Å². The van der Waals surface area contributed by atoms with E-state index in [1.807, 2.05) is 0 Å². The lowest BCUT2D eigenvalue weighted by Gasteiger charge is -2.17. The number of rotatable bonds is 6. The average Bonchev–Trinajstić information content (AvgIpc) is 3.24. The third-order valence-electron chi connectivity index (χ3n) is 4.33. The van der Waals surface area contributed by atoms with Crippen LogP contribution in [0, 0.1) is 11.8 Å². The SMILES string of the molecule is CCNC(CC1CC1)C1CC1c1ccccc1. The summed E-state index contributed by atoms with van der Waals surface area (Å²) in [6, 6.07) is 11.8. The third kappa shape index (κ3) is 2.71. The first-order valence-corrected chi connectivity index (χ1v) is 7.16. The van der Waals surface area contributed by atoms with Gasteiger partial charge in [-0.05, 0) is 42.7 Å². The van der Waals surface area contributed by atoms with Crippen LogP contribution in [0.25, 0.3) is 0 Å². The van der Waals surface area contributed by atoms with E-state index in [0.717, 1.165) is 30.3 Å². The summed E-state index contributed by atoms with van der Waals surface area (Å²) in [6.45, 7) is 3.36. The predicted molar refractivity (Wildman–Crippen MR) is 72.1 cm³/mol. The first-order chi connectivity index (χ1) is 8.38. The van der Waals surface area contributed by atoms with Crippen LogP contribution >= 0.6 is 0 Å². The van der Waals surface area contributed by atoms with Crippen molar-refractivity contribution in [1.29, 1.82) is 0 Å². The van der Waals surface area contributed by atoms with E-state index in [1.165, 1.54) is 25.7 Å². The van der Waals surface area contributed by atoms with E-state index >= 15 is 0 Å². The predicted octanol–water partition coefficient (Wildman–Crippen LogP) is 3.57. The number of hydrogen-bond acceptors (Lipinski definition) is 1. The maximum absolute atomic E-state index is 3.72. The Balaban J connectivity index is 1.60. The summed E-state index contributed by atoms with van der Waals surface area (Å²) < 4.78 is 0. The second kappa shape index (κ2) is 4.81. The molecular formula is C16H23N. The van der Waals surface area contributed by atoms with E-state index in [1.54, 1.807) is 5.56 Å². The van der Waals surface area contributed by atoms with Gasteiger partial charge < -0.3 is 5.32 Å². The minimum Gasteiger partial charge on any atom is -0.314 e. The summed E-state index contributed by atoms with van der Waals surface area (Å²) in [7, 11) is 0. The van der Waals surface area contributed by atoms with Crippen LogP contribution in [0.3, 0.4) is 0 Å². The standard InChI is InChI=1S/C16H23N/c1-2-17-16(10-12-8-9-12)15-11-14(15)13-6-4-3-5-7-13/h3-7,12,14-17H,2,8-11H2,1H3. The highest BCUT2D eigenvalue weighted by atomic mass is 14.9. The Hall–Kier alpha value is -0.820. The molecule has 17 heavy (non-hydrogen) atoms. The Bertz CT molecular complexity index is 355. The van der Waals surface area contributed by atoms with Gasteiger partial charge in [-0.25, -0.2) is 0 Å². The molecule has 1 heteroatoms. The summed E-state index contributed by atoms with van der Waals surface area (Å²) in [5.74, 6) is 2.77. The molecule has 3 rings (SSSR count). The van der Waals surface area contributed by atoms with Crippen molar-refractivity contribution in [2.75, 3.05) is 6.54 Å². The quantitative estimate of drug-likeness (QED) is 0.786. The number of benzene rings is 1. The topological polar surface area (TPSA) is 12.0 Å². The molecule has 92 valence electrons. The van der Waals surface area contributed by atoms with E-state index in [9.17, 15) is 0 Å². The van der Waals surface area contributed by atoms with Crippen molar-refractivity contribution < 1.29 is 0 Å². The molecule has 0 aromatic heterocycles. The van der Waals surface area contributed by atoms with Crippen LogP contribution in [0.1, 0.15) is 44.1 Å². The largest absolute Gasteiger partial charge is 0.314 e. The molecular weight excluding hydrogens is 206 g/mol. The first-order valence-electron chi connectivity index (χ1n) is 7.16. The van der Waals surface area contributed by atoms with Gasteiger partial charge in [0, 0.05) is 6.04 Å². The van der Waals surface area contributed by atoms with Crippen molar-refractivity contribution in [3.8, 4) is 0 Å². The zero-order valence-electron chi connectivity index (χ0n) is 10.7. The Morgan fingerprint density at radius 3 is 2.65 bits per heavy atom. The van der Waals surface area contributed by atoms with Crippen LogP contribution in [0.15, 0.2) is 30.3 Å². The van der Waals surface area contributed by atoms with Gasteiger partial charge in [0.2, 0.25) is 0 Å². The second-order valence-corrected chi connectivity index (χ2v) is 5.76. The molecule has 2 aliphatic rings. The Morgan fingerprint density at radius 1 is 1.24 bits per heavy atom. The summed E-state index contributed by atoms with van der Waals surface area (Å²) in [5, 5.41) is 3.72. The fourth-order valence-corrected chi connectivity index (χ4v) is 3.13. The normalized spacial score (nSPS) is 29.0. The number of hydrogen-bond donors (Lipinski definition) is 1. The monoisotopic (exact) mass is 229 g/mol. The average molecular weight is 229 g/mol. The second-order valence-electron chi connectivity index (χ2n) is 5.76. The minimum absolute atomic E-state index is 0.776. The van der Waals surface area contributed by atoms with Crippen molar-refractivity contribution in [3.05, 3.63) is 35.9 Å². The van der Waals surface area contributed by atoms with Crippen LogP contribution in [0.5, 0.6) is 0 Å². The van der Waals surface area contributed by atoms with E-state index < -0.39 is 0 Å². The van der Waals surface area contributed by atoms with Crippen LogP contribution in [-0.4, -0.2) is 12.6 Å². The van der Waals surface area contributed by atoms with Crippen LogP contribution < -0.4 is 5.32 Å². The van der Waals surface area contributed by atoms with Crippen LogP contribution in [0.4, 0.5) is 0 Å². The molecule has 1 N–H and O–H groups in total. The lowest BCUT2D eigenvalue weighted by Crippen LogP contribution is -2.31. The summed E-state index contributed by atoms with van der Waals surface area (Å²) >= 11 is 0. The highest BCUT2D eigenvalue weighted by molar-refractivity contribution is 5.26. The highest BCUT2D eigenvalue weighted by Gasteiger charge is 2.44. The van der Waals surface area contributed by atoms with Gasteiger partial charge in [0.05, 0.1) is 0 Å². The van der Waals surface area contributed by atoms with Crippen molar-refractivity contribution in [3.63, 3.8) is 0 Å². The highest BCUT2D eigenvalue weighted by Crippen LogP contribution is 2.51. The van der Waals surface area contributed by atoms with Gasteiger partial charge in [0.15, 0.2) is 0 Å². The molecule has 3 unspecified atom stereocenters. The molecule has 0 saturated heterocycles. The molecule has 0 aliphatic heterocycles. The maximum atomic E-state index is 3.72. The van der Waals surface area contributed by atoms with E-state index in [-0.39, 0.29) is 0 Å². The van der Waals surface area contributed by atoms with E-state index in [0.29, 0.717) is 0 Å². The number of nitrogens with one attached hydrogen (secondary N) is 1. The van der Waals surface area contributed by atoms with Gasteiger partial charge in [0.25, 0.3) is 0 Å². The van der Waals surface area contributed by atoms with Gasteiger partial charge in [-0.1, -0.05) is 50.1 Å². The van der Waals surface area contributed by atoms with Crippen LogP contribution in [-0.2, 0) is 0 Å². The fourth-order valence-electron chi connectivity index (χ4n) is 3.13. The molecule has 0 bridgehead atoms. The first kappa shape index (κ1) is 11.3. The molecule has 0 heterocycles. The molecule has 0 spiro atoms. The zero-order valence-corrected chi connectivity index (χ0v) is 10.7. The summed E-state index contributed by atoms with van der Waals surface area (Å²) in [6.07, 6.45) is 5.77. The van der Waals surface area contributed by atoms with Gasteiger partial charge >= 0.3 is 0 Å². The lowest BCUT2D eigenvalue weighted by molar-refractivity contribution is 0.419. The molecule has 3 atom stereocenters. The van der Waals surface area contributed by atoms with Crippen molar-refractivity contribution in [2.24, 2.45) is 11.8 Å². The van der Waals surface area contributed by atoms with Gasteiger partial charge in [-0.3, -0.25) is 0 Å². The minimum atomic E-state index is 0.776. The van der Waals surface area contributed by atoms with E-state index in [2.05, 4.69) is 42.6 Å². The Kier molecular flexibility index (Phi) is 3.19. The van der Waals surface area contributed by atoms with Gasteiger partial charge in [-0.2, -0.15) is 0 Å². The van der Waals surface area contributed by atoms with Crippen molar-refractivity contribution in [1.82, 2.24) is 5.32 Å². The van der Waals surface area contributed by atoms with E-state index in [4.69, 9.17) is 0 Å². The smallest absolute Gasteiger partial charge is 0.0104 e. The molecule has 2 saturated carbocycles. The molecule has 1 aromatic carbocycles. The third-order valence-corrected chi connectivity index (χ3v) is 4.33. The zero-order chi connectivity index (χ0) is 11.7. The van der Waals surface area contributed by atoms with Crippen LogP contribution in [0.2, 0.25) is 0 Å². The van der Waals surface area contributed by atoms with Gasteiger partial charge in [0.1, 0.15) is 0 Å². The Labute approximate surface area is 105 Å². The molecule has 1 aromatic rings. The summed E-state index contributed by atoms with van der Waals surface area (Å²) in [4.78, 5) is 0. The fraction of sp³-hybridized carbons (Fsp3) is 0.625. The van der Waals surface area contributed by atoms with Crippen molar-refractivity contribution >= 4 is 0 Å². The van der Waals surface area contributed by atoms with Gasteiger partial charge in [-0.15, -0.1) is 0 Å². The maximum Gasteiger partial charge on any atom is 0.0104 e. The Morgan fingerprint density at radius 2 is 2.00 bits per heavy atom. The molecule has 1 nitrogen and oxygen atoms in total.